The van der Waals surface area contributed by atoms with E-state index < -0.39 is 5.97 Å². The van der Waals surface area contributed by atoms with Gasteiger partial charge in [0.25, 0.3) is 0 Å². The van der Waals surface area contributed by atoms with Crippen molar-refractivity contribution in [3.8, 4) is 17.2 Å². The Morgan fingerprint density at radius 2 is 1.72 bits per heavy atom. The third-order valence-electron chi connectivity index (χ3n) is 6.88. The summed E-state index contributed by atoms with van der Waals surface area (Å²) in [7, 11) is 1.38. The van der Waals surface area contributed by atoms with Crippen molar-refractivity contribution in [2.24, 2.45) is 4.99 Å². The quantitative estimate of drug-likeness (QED) is 0.305. The van der Waals surface area contributed by atoms with Crippen LogP contribution in [0.2, 0.25) is 0 Å². The number of ether oxygens (including phenoxy) is 4. The molecule has 0 atom stereocenters. The highest BCUT2D eigenvalue weighted by atomic mass is 35.5. The van der Waals surface area contributed by atoms with Crippen LogP contribution in [-0.2, 0) is 24.2 Å². The van der Waals surface area contributed by atoms with Gasteiger partial charge in [0, 0.05) is 23.1 Å². The molecule has 2 heterocycles. The van der Waals surface area contributed by atoms with Crippen molar-refractivity contribution >= 4 is 24.1 Å². The van der Waals surface area contributed by atoms with Gasteiger partial charge >= 0.3 is 5.97 Å². The highest BCUT2D eigenvalue weighted by molar-refractivity contribution is 6.16. The summed E-state index contributed by atoms with van der Waals surface area (Å²) in [6, 6.07) is 17.6. The Morgan fingerprint density at radius 3 is 2.41 bits per heavy atom. The first kappa shape index (κ1) is 28.5. The standard InChI is InChI=1S/C32H35NO5.ClH/c1-7-36-26-16-22-17-31(2,3)33-28(27(22)24-18-32(4,5)38-29(24)26)21-13-14-23(30(34)35-6)25(15-21)37-19-20-11-9-8-10-12-20;/h8-16H,7,17-19H2,1-6H3;1H. The summed E-state index contributed by atoms with van der Waals surface area (Å²) in [5, 5.41) is 0. The number of aliphatic imine (C=N–C) groups is 1. The van der Waals surface area contributed by atoms with E-state index in [2.05, 4.69) is 33.8 Å². The highest BCUT2D eigenvalue weighted by Gasteiger charge is 2.40. The summed E-state index contributed by atoms with van der Waals surface area (Å²) in [5.41, 5.74) is 5.87. The molecule has 6 nitrogen and oxygen atoms in total. The van der Waals surface area contributed by atoms with Gasteiger partial charge in [-0.1, -0.05) is 36.4 Å². The summed E-state index contributed by atoms with van der Waals surface area (Å²) < 4.78 is 23.7. The number of benzene rings is 3. The number of esters is 1. The molecule has 0 saturated carbocycles. The number of methoxy groups -OCH3 is 1. The van der Waals surface area contributed by atoms with Gasteiger partial charge in [-0.15, -0.1) is 12.4 Å². The van der Waals surface area contributed by atoms with Crippen LogP contribution < -0.4 is 14.2 Å². The van der Waals surface area contributed by atoms with Gasteiger partial charge in [-0.25, -0.2) is 4.79 Å². The van der Waals surface area contributed by atoms with Crippen LogP contribution in [0.25, 0.3) is 0 Å². The number of nitrogens with zero attached hydrogens (tertiary/aromatic N) is 1. The van der Waals surface area contributed by atoms with Gasteiger partial charge in [-0.3, -0.25) is 4.99 Å². The van der Waals surface area contributed by atoms with Gasteiger partial charge in [0.15, 0.2) is 11.5 Å². The first-order valence-corrected chi connectivity index (χ1v) is 13.1. The minimum absolute atomic E-state index is 0. The lowest BCUT2D eigenvalue weighted by Crippen LogP contribution is -2.30. The van der Waals surface area contributed by atoms with Crippen LogP contribution in [0.1, 0.15) is 72.8 Å². The van der Waals surface area contributed by atoms with Crippen molar-refractivity contribution < 1.29 is 23.7 Å². The Morgan fingerprint density at radius 1 is 0.974 bits per heavy atom. The van der Waals surface area contributed by atoms with Gasteiger partial charge in [-0.05, 0) is 70.4 Å². The fourth-order valence-corrected chi connectivity index (χ4v) is 5.34. The van der Waals surface area contributed by atoms with E-state index in [0.29, 0.717) is 24.5 Å². The lowest BCUT2D eigenvalue weighted by Gasteiger charge is -2.31. The van der Waals surface area contributed by atoms with Crippen molar-refractivity contribution in [2.75, 3.05) is 13.7 Å². The molecule has 3 aromatic rings. The van der Waals surface area contributed by atoms with Crippen molar-refractivity contribution in [1.82, 2.24) is 0 Å². The predicted octanol–water partition coefficient (Wildman–Crippen LogP) is 6.76. The monoisotopic (exact) mass is 549 g/mol. The molecule has 0 N–H and O–H groups in total. The van der Waals surface area contributed by atoms with Crippen molar-refractivity contribution in [3.63, 3.8) is 0 Å². The topological polar surface area (TPSA) is 66.4 Å². The summed E-state index contributed by atoms with van der Waals surface area (Å²) >= 11 is 0. The zero-order valence-electron chi connectivity index (χ0n) is 23.4. The number of halogens is 1. The maximum Gasteiger partial charge on any atom is 0.341 e. The van der Waals surface area contributed by atoms with Crippen molar-refractivity contribution in [1.29, 1.82) is 0 Å². The van der Waals surface area contributed by atoms with E-state index >= 15 is 0 Å². The number of carbonyl (C=O) groups excluding carboxylic acids is 1. The van der Waals surface area contributed by atoms with E-state index in [0.717, 1.165) is 52.3 Å². The molecular formula is C32H36ClNO5. The van der Waals surface area contributed by atoms with Gasteiger partial charge in [0.2, 0.25) is 0 Å². The second kappa shape index (κ2) is 10.9. The van der Waals surface area contributed by atoms with Crippen LogP contribution in [0.15, 0.2) is 59.6 Å². The van der Waals surface area contributed by atoms with Crippen LogP contribution in [0.3, 0.4) is 0 Å². The molecule has 3 aromatic carbocycles. The lowest BCUT2D eigenvalue weighted by molar-refractivity contribution is 0.0595. The van der Waals surface area contributed by atoms with E-state index in [9.17, 15) is 4.79 Å². The fourth-order valence-electron chi connectivity index (χ4n) is 5.34. The Kier molecular flexibility index (Phi) is 7.99. The van der Waals surface area contributed by atoms with Gasteiger partial charge in [-0.2, -0.15) is 0 Å². The molecule has 0 amide bonds. The Hall–Kier alpha value is -3.51. The Balaban J connectivity index is 0.00000353. The second-order valence-electron chi connectivity index (χ2n) is 11.1. The van der Waals surface area contributed by atoms with E-state index in [1.807, 2.05) is 49.4 Å². The zero-order chi connectivity index (χ0) is 27.1. The average Bonchev–Trinajstić information content (AvgIpc) is 3.21. The minimum atomic E-state index is -0.441. The van der Waals surface area contributed by atoms with Crippen molar-refractivity contribution in [3.05, 3.63) is 88.0 Å². The first-order valence-electron chi connectivity index (χ1n) is 13.1. The molecule has 5 rings (SSSR count). The minimum Gasteiger partial charge on any atom is -0.490 e. The summed E-state index contributed by atoms with van der Waals surface area (Å²) in [6.07, 6.45) is 1.54. The summed E-state index contributed by atoms with van der Waals surface area (Å²) in [4.78, 5) is 17.8. The number of fused-ring (bicyclic) bond motifs is 3. The molecule has 39 heavy (non-hydrogen) atoms. The molecule has 2 aliphatic rings. The molecule has 0 spiro atoms. The number of hydrogen-bond acceptors (Lipinski definition) is 6. The SMILES string of the molecule is CCOc1cc2c(c3c1OC(C)(C)C3)C(c1ccc(C(=O)OC)c(OCc3ccccc3)c1)=NC(C)(C)C2.Cl. The molecule has 0 aromatic heterocycles. The third-order valence-corrected chi connectivity index (χ3v) is 6.88. The molecule has 0 radical (unpaired) electrons. The molecular weight excluding hydrogens is 514 g/mol. The highest BCUT2D eigenvalue weighted by Crippen LogP contribution is 2.48. The zero-order valence-corrected chi connectivity index (χ0v) is 24.2. The lowest BCUT2D eigenvalue weighted by atomic mass is 9.81. The molecule has 0 aliphatic carbocycles. The summed E-state index contributed by atoms with van der Waals surface area (Å²) in [6.45, 7) is 11.4. The predicted molar refractivity (Wildman–Crippen MR) is 155 cm³/mol. The van der Waals surface area contributed by atoms with Crippen LogP contribution in [0.4, 0.5) is 0 Å². The largest absolute Gasteiger partial charge is 0.490 e. The average molecular weight is 550 g/mol. The molecule has 2 aliphatic heterocycles. The van der Waals surface area contributed by atoms with E-state index in [1.165, 1.54) is 12.7 Å². The maximum absolute atomic E-state index is 12.6. The Labute approximate surface area is 236 Å². The Bertz CT molecular complexity index is 1410. The molecule has 0 fully saturated rings. The van der Waals surface area contributed by atoms with Gasteiger partial charge < -0.3 is 18.9 Å². The van der Waals surface area contributed by atoms with E-state index in [1.54, 1.807) is 6.07 Å². The fraction of sp³-hybridized carbons (Fsp3) is 0.375. The number of carbonyl (C=O) groups is 1. The van der Waals surface area contributed by atoms with Crippen LogP contribution >= 0.6 is 12.4 Å². The third kappa shape index (κ3) is 5.76. The molecule has 0 saturated heterocycles. The van der Waals surface area contributed by atoms with Crippen LogP contribution in [-0.4, -0.2) is 36.5 Å². The van der Waals surface area contributed by atoms with Gasteiger partial charge in [0.05, 0.1) is 25.0 Å². The van der Waals surface area contributed by atoms with Crippen LogP contribution in [0.5, 0.6) is 17.2 Å². The summed E-state index contributed by atoms with van der Waals surface area (Å²) in [5.74, 6) is 1.61. The normalized spacial score (nSPS) is 16.1. The maximum atomic E-state index is 12.6. The first-order chi connectivity index (χ1) is 18.1. The van der Waals surface area contributed by atoms with E-state index in [4.69, 9.17) is 23.9 Å². The number of hydrogen-bond donors (Lipinski definition) is 0. The van der Waals surface area contributed by atoms with E-state index in [-0.39, 0.29) is 23.5 Å². The number of rotatable bonds is 7. The molecule has 0 bridgehead atoms. The molecule has 206 valence electrons. The second-order valence-corrected chi connectivity index (χ2v) is 11.1. The smallest absolute Gasteiger partial charge is 0.341 e. The molecule has 7 heteroatoms. The van der Waals surface area contributed by atoms with Gasteiger partial charge in [0.1, 0.15) is 23.5 Å². The van der Waals surface area contributed by atoms with Crippen molar-refractivity contribution in [2.45, 2.75) is 65.2 Å². The van der Waals surface area contributed by atoms with Crippen LogP contribution in [0, 0.1) is 0 Å². The molecule has 0 unspecified atom stereocenters.